The number of sulfone groups is 1. The van der Waals surface area contributed by atoms with Crippen molar-refractivity contribution in [3.05, 3.63) is 28.8 Å². The number of hydrogen-bond acceptors (Lipinski definition) is 6. The van der Waals surface area contributed by atoms with Gasteiger partial charge in [0.05, 0.1) is 9.92 Å². The van der Waals surface area contributed by atoms with Crippen LogP contribution in [0.15, 0.2) is 23.1 Å². The van der Waals surface area contributed by atoms with Gasteiger partial charge in [0.2, 0.25) is 0 Å². The van der Waals surface area contributed by atoms with E-state index in [0.717, 1.165) is 5.56 Å². The quantitative estimate of drug-likeness (QED) is 0.746. The maximum absolute atomic E-state index is 12.3. The van der Waals surface area contributed by atoms with Crippen molar-refractivity contribution < 1.29 is 22.7 Å². The first-order valence-corrected chi connectivity index (χ1v) is 9.01. The Balaban J connectivity index is 2.72. The molecule has 0 saturated heterocycles. The summed E-state index contributed by atoms with van der Waals surface area (Å²) < 4.78 is 29.4. The van der Waals surface area contributed by atoms with Crippen LogP contribution in [0.25, 0.3) is 0 Å². The molecular formula is C15H20ClNO5S. The Labute approximate surface area is 141 Å². The van der Waals surface area contributed by atoms with Crippen LogP contribution in [0.2, 0.25) is 5.02 Å². The highest BCUT2D eigenvalue weighted by molar-refractivity contribution is 7.91. The molecule has 0 fully saturated rings. The highest BCUT2D eigenvalue weighted by atomic mass is 35.5. The first-order chi connectivity index (χ1) is 10.5. The number of ether oxygens (including phenoxy) is 1. The number of esters is 1. The van der Waals surface area contributed by atoms with E-state index in [9.17, 15) is 18.0 Å². The molecule has 128 valence electrons. The molecule has 1 aromatic carbocycles. The molecule has 0 saturated carbocycles. The maximum Gasteiger partial charge on any atom is 0.323 e. The van der Waals surface area contributed by atoms with Crippen molar-refractivity contribution in [1.29, 1.82) is 0 Å². The standard InChI is InChI=1S/C15H20ClNO5S/c1-9-5-6-14(13(16)7-9)23(20,21)8-17-10(2)15(19)22-12(4)11(3)18/h5-7,10,12,17H,8H2,1-4H3/t10-,12?/m0/s1. The van der Waals surface area contributed by atoms with Crippen LogP contribution in [0.5, 0.6) is 0 Å². The molecular weight excluding hydrogens is 342 g/mol. The summed E-state index contributed by atoms with van der Waals surface area (Å²) in [5.41, 5.74) is 0.845. The van der Waals surface area contributed by atoms with Crippen molar-refractivity contribution in [1.82, 2.24) is 5.32 Å². The largest absolute Gasteiger partial charge is 0.454 e. The summed E-state index contributed by atoms with van der Waals surface area (Å²) >= 11 is 5.96. The van der Waals surface area contributed by atoms with Crippen molar-refractivity contribution in [3.8, 4) is 0 Å². The van der Waals surface area contributed by atoms with Gasteiger partial charge >= 0.3 is 5.97 Å². The highest BCUT2D eigenvalue weighted by Gasteiger charge is 2.23. The number of nitrogens with one attached hydrogen (secondary N) is 1. The third-order valence-corrected chi connectivity index (χ3v) is 5.22. The summed E-state index contributed by atoms with van der Waals surface area (Å²) in [5, 5.41) is 2.71. The molecule has 8 heteroatoms. The Bertz CT molecular complexity index is 702. The molecule has 0 spiro atoms. The Hall–Kier alpha value is -1.44. The molecule has 23 heavy (non-hydrogen) atoms. The Kier molecular flexibility index (Phi) is 6.73. The Morgan fingerprint density at radius 3 is 2.43 bits per heavy atom. The lowest BCUT2D eigenvalue weighted by Gasteiger charge is -2.16. The van der Waals surface area contributed by atoms with E-state index in [0.29, 0.717) is 0 Å². The second kappa shape index (κ2) is 7.90. The Morgan fingerprint density at radius 1 is 1.30 bits per heavy atom. The molecule has 6 nitrogen and oxygen atoms in total. The zero-order valence-corrected chi connectivity index (χ0v) is 15.0. The van der Waals surface area contributed by atoms with Gasteiger partial charge in [0.25, 0.3) is 0 Å². The number of aryl methyl sites for hydroxylation is 1. The van der Waals surface area contributed by atoms with Crippen molar-refractivity contribution in [2.45, 2.75) is 44.7 Å². The third-order valence-electron chi connectivity index (χ3n) is 3.22. The van der Waals surface area contributed by atoms with Gasteiger partial charge in [0, 0.05) is 0 Å². The van der Waals surface area contributed by atoms with Gasteiger partial charge in [-0.2, -0.15) is 0 Å². The molecule has 0 radical (unpaired) electrons. The molecule has 0 bridgehead atoms. The fourth-order valence-electron chi connectivity index (χ4n) is 1.61. The van der Waals surface area contributed by atoms with Gasteiger partial charge in [0.1, 0.15) is 11.9 Å². The van der Waals surface area contributed by atoms with Crippen LogP contribution in [-0.2, 0) is 24.2 Å². The minimum atomic E-state index is -3.70. The molecule has 0 heterocycles. The van der Waals surface area contributed by atoms with Gasteiger partial charge in [-0.25, -0.2) is 8.42 Å². The van der Waals surface area contributed by atoms with Crippen LogP contribution in [0.4, 0.5) is 0 Å². The number of benzene rings is 1. The molecule has 0 aliphatic carbocycles. The molecule has 0 aromatic heterocycles. The second-order valence-corrected chi connectivity index (χ2v) is 7.67. The van der Waals surface area contributed by atoms with Crippen molar-refractivity contribution >= 4 is 33.2 Å². The molecule has 0 aliphatic rings. The van der Waals surface area contributed by atoms with Gasteiger partial charge < -0.3 is 4.74 Å². The van der Waals surface area contributed by atoms with Gasteiger partial charge in [-0.3, -0.25) is 14.9 Å². The van der Waals surface area contributed by atoms with Crippen LogP contribution in [0.1, 0.15) is 26.3 Å². The van der Waals surface area contributed by atoms with Crippen LogP contribution in [0.3, 0.4) is 0 Å². The summed E-state index contributed by atoms with van der Waals surface area (Å²) in [6.45, 7) is 6.02. The van der Waals surface area contributed by atoms with Crippen molar-refractivity contribution in [2.24, 2.45) is 0 Å². The average Bonchev–Trinajstić information content (AvgIpc) is 2.44. The minimum Gasteiger partial charge on any atom is -0.454 e. The molecule has 1 N–H and O–H groups in total. The number of hydrogen-bond donors (Lipinski definition) is 1. The first-order valence-electron chi connectivity index (χ1n) is 6.98. The van der Waals surface area contributed by atoms with Crippen molar-refractivity contribution in [2.75, 3.05) is 5.88 Å². The number of Topliss-reactive ketones (excluding diaryl/α,β-unsaturated/α-hetero) is 1. The molecule has 2 atom stereocenters. The number of carbonyl (C=O) groups excluding carboxylic acids is 2. The zero-order valence-electron chi connectivity index (χ0n) is 13.4. The number of rotatable bonds is 7. The van der Waals surface area contributed by atoms with Crippen LogP contribution in [-0.4, -0.2) is 38.2 Å². The highest BCUT2D eigenvalue weighted by Crippen LogP contribution is 2.23. The fourth-order valence-corrected chi connectivity index (χ4v) is 3.46. The summed E-state index contributed by atoms with van der Waals surface area (Å²) in [6, 6.07) is 3.75. The number of carbonyl (C=O) groups is 2. The topological polar surface area (TPSA) is 89.5 Å². The molecule has 1 unspecified atom stereocenters. The summed E-state index contributed by atoms with van der Waals surface area (Å²) in [5.74, 6) is -1.46. The van der Waals surface area contributed by atoms with E-state index in [1.807, 2.05) is 0 Å². The van der Waals surface area contributed by atoms with E-state index in [4.69, 9.17) is 16.3 Å². The van der Waals surface area contributed by atoms with E-state index in [2.05, 4.69) is 5.32 Å². The predicted octanol–water partition coefficient (Wildman–Crippen LogP) is 1.88. The van der Waals surface area contributed by atoms with Crippen LogP contribution < -0.4 is 5.32 Å². The van der Waals surface area contributed by atoms with E-state index >= 15 is 0 Å². The molecule has 1 aromatic rings. The summed E-state index contributed by atoms with van der Waals surface area (Å²) in [4.78, 5) is 22.8. The van der Waals surface area contributed by atoms with E-state index < -0.39 is 33.8 Å². The smallest absolute Gasteiger partial charge is 0.323 e. The van der Waals surface area contributed by atoms with Gasteiger partial charge in [-0.05, 0) is 45.4 Å². The van der Waals surface area contributed by atoms with E-state index in [1.54, 1.807) is 19.1 Å². The lowest BCUT2D eigenvalue weighted by atomic mass is 10.2. The number of ketones is 1. The van der Waals surface area contributed by atoms with E-state index in [-0.39, 0.29) is 15.7 Å². The summed E-state index contributed by atoms with van der Waals surface area (Å²) in [7, 11) is -3.70. The van der Waals surface area contributed by atoms with Crippen molar-refractivity contribution in [3.63, 3.8) is 0 Å². The van der Waals surface area contributed by atoms with Gasteiger partial charge in [0.15, 0.2) is 21.7 Å². The molecule has 0 aliphatic heterocycles. The lowest BCUT2D eigenvalue weighted by molar-refractivity contribution is -0.155. The van der Waals surface area contributed by atoms with Gasteiger partial charge in [-0.1, -0.05) is 17.7 Å². The summed E-state index contributed by atoms with van der Waals surface area (Å²) in [6.07, 6.45) is -0.866. The zero-order chi connectivity index (χ0) is 17.8. The average molecular weight is 362 g/mol. The van der Waals surface area contributed by atoms with Gasteiger partial charge in [-0.15, -0.1) is 0 Å². The molecule has 0 amide bonds. The number of halogens is 1. The van der Waals surface area contributed by atoms with E-state index in [1.165, 1.54) is 26.8 Å². The maximum atomic E-state index is 12.3. The fraction of sp³-hybridized carbons (Fsp3) is 0.467. The molecule has 1 rings (SSSR count). The minimum absolute atomic E-state index is 0.00469. The first kappa shape index (κ1) is 19.6. The Morgan fingerprint density at radius 2 is 1.91 bits per heavy atom. The predicted molar refractivity (Wildman–Crippen MR) is 87.1 cm³/mol. The SMILES string of the molecule is CC(=O)C(C)OC(=O)[C@H](C)NCS(=O)(=O)c1ccc(C)cc1Cl. The van der Waals surface area contributed by atoms with Crippen LogP contribution in [0, 0.1) is 6.92 Å². The van der Waals surface area contributed by atoms with Crippen LogP contribution >= 0.6 is 11.6 Å². The lowest BCUT2D eigenvalue weighted by Crippen LogP contribution is -2.40. The monoisotopic (exact) mass is 361 g/mol. The third kappa shape index (κ3) is 5.60. The normalized spacial score (nSPS) is 14.1. The second-order valence-electron chi connectivity index (χ2n) is 5.31.